The Morgan fingerprint density at radius 1 is 1.00 bits per heavy atom. The van der Waals surface area contributed by atoms with Gasteiger partial charge < -0.3 is 14.6 Å². The van der Waals surface area contributed by atoms with Crippen molar-refractivity contribution in [3.05, 3.63) is 59.7 Å². The molecule has 0 bridgehead atoms. The largest absolute Gasteiger partial charge is 0.378 e. The lowest BCUT2D eigenvalue weighted by Crippen LogP contribution is -2.37. The van der Waals surface area contributed by atoms with E-state index in [-0.39, 0.29) is 0 Å². The van der Waals surface area contributed by atoms with Crippen molar-refractivity contribution in [1.82, 2.24) is 24.8 Å². The zero-order valence-electron chi connectivity index (χ0n) is 15.8. The van der Waals surface area contributed by atoms with Crippen molar-refractivity contribution in [3.63, 3.8) is 0 Å². The standard InChI is InChI=1S/C21H24N6O/c1-2-4-17(5-3-1)20-24-18-6-7-26(15-19(18)25-20)14-16-12-22-21(23-13-16)27-8-10-28-11-9-27/h1-5,12-13H,6-11,14-15H2,(H,24,25). The molecule has 1 saturated heterocycles. The zero-order chi connectivity index (χ0) is 18.8. The number of hydrogen-bond donors (Lipinski definition) is 1. The number of fused-ring (bicyclic) bond motifs is 1. The number of benzene rings is 1. The van der Waals surface area contributed by atoms with Crippen molar-refractivity contribution in [3.8, 4) is 11.4 Å². The van der Waals surface area contributed by atoms with Gasteiger partial charge in [-0.2, -0.15) is 0 Å². The Morgan fingerprint density at radius 3 is 2.57 bits per heavy atom. The van der Waals surface area contributed by atoms with Gasteiger partial charge >= 0.3 is 0 Å². The smallest absolute Gasteiger partial charge is 0.225 e. The summed E-state index contributed by atoms with van der Waals surface area (Å²) in [6.07, 6.45) is 4.87. The lowest BCUT2D eigenvalue weighted by atomic mass is 10.1. The average Bonchev–Trinajstić information content (AvgIpc) is 3.19. The molecule has 0 aliphatic carbocycles. The Kier molecular flexibility index (Phi) is 4.76. The number of ether oxygens (including phenoxy) is 1. The van der Waals surface area contributed by atoms with Crippen molar-refractivity contribution < 1.29 is 4.74 Å². The first-order valence-electron chi connectivity index (χ1n) is 9.84. The topological polar surface area (TPSA) is 70.2 Å². The van der Waals surface area contributed by atoms with Gasteiger partial charge in [-0.15, -0.1) is 0 Å². The van der Waals surface area contributed by atoms with Crippen LogP contribution in [0.5, 0.6) is 0 Å². The number of imidazole rings is 1. The Labute approximate surface area is 164 Å². The van der Waals surface area contributed by atoms with E-state index >= 15 is 0 Å². The lowest BCUT2D eigenvalue weighted by Gasteiger charge is -2.27. The van der Waals surface area contributed by atoms with Crippen molar-refractivity contribution in [2.24, 2.45) is 0 Å². The normalized spacial score (nSPS) is 17.5. The summed E-state index contributed by atoms with van der Waals surface area (Å²) in [6.45, 7) is 5.93. The molecule has 2 aliphatic rings. The number of nitrogens with one attached hydrogen (secondary N) is 1. The van der Waals surface area contributed by atoms with Crippen LogP contribution in [0, 0.1) is 0 Å². The molecule has 5 rings (SSSR count). The van der Waals surface area contributed by atoms with E-state index in [9.17, 15) is 0 Å². The van der Waals surface area contributed by atoms with E-state index < -0.39 is 0 Å². The summed E-state index contributed by atoms with van der Waals surface area (Å²) in [5.74, 6) is 1.76. The number of morpholine rings is 1. The highest BCUT2D eigenvalue weighted by molar-refractivity contribution is 5.55. The molecule has 0 atom stereocenters. The number of hydrogen-bond acceptors (Lipinski definition) is 6. The van der Waals surface area contributed by atoms with Gasteiger partial charge in [-0.05, 0) is 0 Å². The van der Waals surface area contributed by atoms with Gasteiger partial charge in [-0.25, -0.2) is 15.0 Å². The highest BCUT2D eigenvalue weighted by Gasteiger charge is 2.21. The predicted octanol–water partition coefficient (Wildman–Crippen LogP) is 2.26. The molecule has 0 saturated carbocycles. The van der Waals surface area contributed by atoms with Gasteiger partial charge in [0.2, 0.25) is 5.95 Å². The maximum absolute atomic E-state index is 5.39. The zero-order valence-corrected chi connectivity index (χ0v) is 15.8. The van der Waals surface area contributed by atoms with Crippen LogP contribution in [0.25, 0.3) is 11.4 Å². The summed E-state index contributed by atoms with van der Waals surface area (Å²) >= 11 is 0. The van der Waals surface area contributed by atoms with E-state index in [0.29, 0.717) is 0 Å². The maximum Gasteiger partial charge on any atom is 0.225 e. The Balaban J connectivity index is 1.25. The molecule has 0 amide bonds. The fourth-order valence-electron chi connectivity index (χ4n) is 3.83. The first kappa shape index (κ1) is 17.3. The molecule has 28 heavy (non-hydrogen) atoms. The van der Waals surface area contributed by atoms with Crippen molar-refractivity contribution >= 4 is 5.95 Å². The highest BCUT2D eigenvalue weighted by atomic mass is 16.5. The number of anilines is 1. The minimum atomic E-state index is 0.746. The van der Waals surface area contributed by atoms with E-state index in [1.54, 1.807) is 0 Å². The molecule has 2 aromatic heterocycles. The van der Waals surface area contributed by atoms with Crippen molar-refractivity contribution in [2.45, 2.75) is 19.5 Å². The summed E-state index contributed by atoms with van der Waals surface area (Å²) < 4.78 is 5.39. The number of rotatable bonds is 4. The predicted molar refractivity (Wildman–Crippen MR) is 107 cm³/mol. The second kappa shape index (κ2) is 7.69. The summed E-state index contributed by atoms with van der Waals surface area (Å²) in [6, 6.07) is 10.3. The van der Waals surface area contributed by atoms with E-state index in [4.69, 9.17) is 9.72 Å². The molecule has 0 unspecified atom stereocenters. The number of aromatic amines is 1. The molecule has 4 heterocycles. The first-order valence-corrected chi connectivity index (χ1v) is 9.84. The van der Waals surface area contributed by atoms with Crippen LogP contribution in [-0.4, -0.2) is 57.7 Å². The van der Waals surface area contributed by atoms with E-state index in [1.165, 1.54) is 11.4 Å². The van der Waals surface area contributed by atoms with Gasteiger partial charge in [0.15, 0.2) is 0 Å². The molecule has 1 aromatic carbocycles. The SMILES string of the molecule is c1ccc(-c2nc3c([nH]2)CN(Cc2cnc(N4CCOCC4)nc2)CC3)cc1. The third-order valence-corrected chi connectivity index (χ3v) is 5.35. The fourth-order valence-corrected chi connectivity index (χ4v) is 3.83. The van der Waals surface area contributed by atoms with Gasteiger partial charge in [0.25, 0.3) is 0 Å². The minimum absolute atomic E-state index is 0.746. The van der Waals surface area contributed by atoms with E-state index in [1.807, 2.05) is 30.6 Å². The van der Waals surface area contributed by atoms with Gasteiger partial charge in [-0.3, -0.25) is 4.90 Å². The monoisotopic (exact) mass is 376 g/mol. The molecule has 1 fully saturated rings. The van der Waals surface area contributed by atoms with Crippen LogP contribution in [0.3, 0.4) is 0 Å². The Hall–Kier alpha value is -2.77. The van der Waals surface area contributed by atoms with Crippen LogP contribution in [0.2, 0.25) is 0 Å². The van der Waals surface area contributed by atoms with Crippen LogP contribution in [0.1, 0.15) is 17.0 Å². The van der Waals surface area contributed by atoms with Gasteiger partial charge in [-0.1, -0.05) is 30.3 Å². The fraction of sp³-hybridized carbons (Fsp3) is 0.381. The second-order valence-electron chi connectivity index (χ2n) is 7.33. The Bertz CT molecular complexity index is 918. The highest BCUT2D eigenvalue weighted by Crippen LogP contribution is 2.23. The van der Waals surface area contributed by atoms with Crippen molar-refractivity contribution in [2.75, 3.05) is 37.7 Å². The molecule has 0 spiro atoms. The molecule has 1 N–H and O–H groups in total. The van der Waals surface area contributed by atoms with Gasteiger partial charge in [0.05, 0.1) is 24.6 Å². The summed E-state index contributed by atoms with van der Waals surface area (Å²) in [7, 11) is 0. The molecular formula is C21H24N6O. The van der Waals surface area contributed by atoms with Gasteiger partial charge in [0.1, 0.15) is 5.82 Å². The van der Waals surface area contributed by atoms with E-state index in [2.05, 4.69) is 36.9 Å². The molecule has 3 aromatic rings. The molecule has 7 heteroatoms. The third kappa shape index (κ3) is 3.63. The molecular weight excluding hydrogens is 352 g/mol. The first-order chi connectivity index (χ1) is 13.8. The minimum Gasteiger partial charge on any atom is -0.378 e. The lowest BCUT2D eigenvalue weighted by molar-refractivity contribution is 0.122. The van der Waals surface area contributed by atoms with Crippen LogP contribution in [-0.2, 0) is 24.2 Å². The number of H-pyrrole nitrogens is 1. The van der Waals surface area contributed by atoms with Crippen LogP contribution in [0.15, 0.2) is 42.7 Å². The summed E-state index contributed by atoms with van der Waals surface area (Å²) in [4.78, 5) is 22.1. The maximum atomic E-state index is 5.39. The summed E-state index contributed by atoms with van der Waals surface area (Å²) in [5.41, 5.74) is 4.68. The summed E-state index contributed by atoms with van der Waals surface area (Å²) in [5, 5.41) is 0. The van der Waals surface area contributed by atoms with Crippen molar-refractivity contribution in [1.29, 1.82) is 0 Å². The molecule has 7 nitrogen and oxygen atoms in total. The molecule has 2 aliphatic heterocycles. The number of nitrogens with zero attached hydrogens (tertiary/aromatic N) is 5. The third-order valence-electron chi connectivity index (χ3n) is 5.35. The molecule has 0 radical (unpaired) electrons. The van der Waals surface area contributed by atoms with E-state index in [0.717, 1.165) is 75.3 Å². The van der Waals surface area contributed by atoms with Crippen LogP contribution in [0.4, 0.5) is 5.95 Å². The van der Waals surface area contributed by atoms with Crippen LogP contribution < -0.4 is 4.90 Å². The van der Waals surface area contributed by atoms with Gasteiger partial charge in [0, 0.05) is 62.7 Å². The second-order valence-corrected chi connectivity index (χ2v) is 7.33. The quantitative estimate of drug-likeness (QED) is 0.753. The van der Waals surface area contributed by atoms with Crippen LogP contribution >= 0.6 is 0 Å². The Morgan fingerprint density at radius 2 is 1.79 bits per heavy atom. The number of aromatic nitrogens is 4. The molecule has 144 valence electrons. The average molecular weight is 376 g/mol.